The normalized spacial score (nSPS) is 15.9. The Morgan fingerprint density at radius 1 is 1.04 bits per heavy atom. The Bertz CT molecular complexity index is 549. The zero-order valence-corrected chi connectivity index (χ0v) is 15.6. The van der Waals surface area contributed by atoms with Crippen molar-refractivity contribution in [3.05, 3.63) is 12.1 Å². The molecule has 0 saturated heterocycles. The van der Waals surface area contributed by atoms with Crippen LogP contribution in [0, 0.1) is 0 Å². The van der Waals surface area contributed by atoms with Crippen LogP contribution in [-0.2, 0) is 4.79 Å². The molecule has 136 valence electrons. The molecule has 6 nitrogen and oxygen atoms in total. The third-order valence-corrected chi connectivity index (χ3v) is 4.51. The number of anilines is 1. The van der Waals surface area contributed by atoms with Gasteiger partial charge in [-0.05, 0) is 12.8 Å². The summed E-state index contributed by atoms with van der Waals surface area (Å²) in [6.07, 6.45) is 4.57. The van der Waals surface area contributed by atoms with Gasteiger partial charge < -0.3 is 24.8 Å². The lowest BCUT2D eigenvalue weighted by Crippen LogP contribution is -2.55. The van der Waals surface area contributed by atoms with Gasteiger partial charge in [-0.1, -0.05) is 19.3 Å². The first-order chi connectivity index (χ1) is 11.0. The number of nitrogens with zero attached hydrogens (tertiary/aromatic N) is 1. The minimum Gasteiger partial charge on any atom is -0.493 e. The van der Waals surface area contributed by atoms with E-state index in [9.17, 15) is 4.79 Å². The molecule has 1 fully saturated rings. The number of amides is 1. The summed E-state index contributed by atoms with van der Waals surface area (Å²) in [5, 5.41) is 0. The van der Waals surface area contributed by atoms with Crippen molar-refractivity contribution in [3.8, 4) is 17.2 Å². The number of nitrogens with two attached hydrogens (primary N) is 1. The van der Waals surface area contributed by atoms with Gasteiger partial charge >= 0.3 is 0 Å². The van der Waals surface area contributed by atoms with Gasteiger partial charge in [0.2, 0.25) is 11.7 Å². The Morgan fingerprint density at radius 3 is 1.96 bits per heavy atom. The lowest BCUT2D eigenvalue weighted by molar-refractivity contribution is -0.124. The van der Waals surface area contributed by atoms with Crippen LogP contribution in [0.1, 0.15) is 32.1 Å². The van der Waals surface area contributed by atoms with Gasteiger partial charge in [0.25, 0.3) is 0 Å². The summed E-state index contributed by atoms with van der Waals surface area (Å²) in [4.78, 5) is 14.4. The molecule has 1 amide bonds. The highest BCUT2D eigenvalue weighted by Gasteiger charge is 2.38. The average Bonchev–Trinajstić information content (AvgIpc) is 2.59. The van der Waals surface area contributed by atoms with Gasteiger partial charge in [0.05, 0.1) is 32.6 Å². The summed E-state index contributed by atoms with van der Waals surface area (Å²) in [6, 6.07) is 3.51. The SMILES string of the molecule is COc1cc(N(C)C(=O)C2(N)CCCCC2)cc(OC)c1OC.Cl. The smallest absolute Gasteiger partial charge is 0.246 e. The van der Waals surface area contributed by atoms with E-state index in [1.165, 1.54) is 0 Å². The van der Waals surface area contributed by atoms with Gasteiger partial charge in [0, 0.05) is 19.2 Å². The fourth-order valence-corrected chi connectivity index (χ4v) is 3.11. The molecule has 1 aliphatic rings. The van der Waals surface area contributed by atoms with Gasteiger partial charge in [-0.2, -0.15) is 0 Å². The molecular weight excluding hydrogens is 332 g/mol. The largest absolute Gasteiger partial charge is 0.493 e. The number of halogens is 1. The Kier molecular flexibility index (Phi) is 7.17. The third kappa shape index (κ3) is 3.87. The molecule has 0 spiro atoms. The van der Waals surface area contributed by atoms with Gasteiger partial charge in [0.1, 0.15) is 0 Å². The van der Waals surface area contributed by atoms with Crippen molar-refractivity contribution in [1.82, 2.24) is 0 Å². The van der Waals surface area contributed by atoms with Gasteiger partial charge in [0.15, 0.2) is 11.5 Å². The maximum Gasteiger partial charge on any atom is 0.246 e. The second kappa shape index (κ2) is 8.44. The van der Waals surface area contributed by atoms with Crippen molar-refractivity contribution < 1.29 is 19.0 Å². The number of likely N-dealkylation sites (N-methyl/N-ethyl adjacent to an activating group) is 1. The Balaban J connectivity index is 0.00000288. The van der Waals surface area contributed by atoms with Crippen molar-refractivity contribution in [3.63, 3.8) is 0 Å². The van der Waals surface area contributed by atoms with Crippen LogP contribution in [0.4, 0.5) is 5.69 Å². The highest BCUT2D eigenvalue weighted by Crippen LogP contribution is 2.41. The van der Waals surface area contributed by atoms with E-state index >= 15 is 0 Å². The summed E-state index contributed by atoms with van der Waals surface area (Å²) in [5.74, 6) is 1.44. The standard InChI is InChI=1S/C17H26N2O4.ClH/c1-19(16(20)17(18)8-6-5-7-9-17)12-10-13(21-2)15(23-4)14(11-12)22-3;/h10-11H,5-9,18H2,1-4H3;1H. The quantitative estimate of drug-likeness (QED) is 0.876. The number of hydrogen-bond donors (Lipinski definition) is 1. The molecule has 1 aliphatic carbocycles. The highest BCUT2D eigenvalue weighted by atomic mass is 35.5. The molecule has 0 atom stereocenters. The first kappa shape index (κ1) is 20.4. The van der Waals surface area contributed by atoms with Crippen LogP contribution in [-0.4, -0.2) is 39.8 Å². The number of benzene rings is 1. The van der Waals surface area contributed by atoms with E-state index in [1.807, 2.05) is 0 Å². The maximum atomic E-state index is 12.9. The Morgan fingerprint density at radius 2 is 1.54 bits per heavy atom. The molecule has 2 N–H and O–H groups in total. The predicted octanol–water partition coefficient (Wildman–Crippen LogP) is 2.76. The van der Waals surface area contributed by atoms with Crippen LogP contribution in [0.3, 0.4) is 0 Å². The summed E-state index contributed by atoms with van der Waals surface area (Å²) < 4.78 is 16.0. The molecule has 0 aromatic heterocycles. The van der Waals surface area contributed by atoms with Crippen LogP contribution in [0.15, 0.2) is 12.1 Å². The van der Waals surface area contributed by atoms with Gasteiger partial charge in [-0.3, -0.25) is 4.79 Å². The van der Waals surface area contributed by atoms with E-state index in [1.54, 1.807) is 45.4 Å². The van der Waals surface area contributed by atoms with Crippen LogP contribution < -0.4 is 24.8 Å². The van der Waals surface area contributed by atoms with Crippen LogP contribution in [0.2, 0.25) is 0 Å². The molecular formula is C17H27ClN2O4. The molecule has 0 radical (unpaired) electrons. The average molecular weight is 359 g/mol. The van der Waals surface area contributed by atoms with Crippen molar-refractivity contribution in [2.24, 2.45) is 5.73 Å². The Labute approximate surface area is 149 Å². The lowest BCUT2D eigenvalue weighted by atomic mass is 9.81. The number of carbonyl (C=O) groups is 1. The molecule has 1 aromatic rings. The molecule has 0 bridgehead atoms. The number of carbonyl (C=O) groups excluding carboxylic acids is 1. The molecule has 2 rings (SSSR count). The van der Waals surface area contributed by atoms with Crippen molar-refractivity contribution in [1.29, 1.82) is 0 Å². The molecule has 7 heteroatoms. The van der Waals surface area contributed by atoms with E-state index in [2.05, 4.69) is 0 Å². The zero-order valence-electron chi connectivity index (χ0n) is 14.8. The summed E-state index contributed by atoms with van der Waals surface area (Å²) >= 11 is 0. The van der Waals surface area contributed by atoms with E-state index in [4.69, 9.17) is 19.9 Å². The predicted molar refractivity (Wildman–Crippen MR) is 96.8 cm³/mol. The highest BCUT2D eigenvalue weighted by molar-refractivity contribution is 6.00. The fourth-order valence-electron chi connectivity index (χ4n) is 3.11. The zero-order chi connectivity index (χ0) is 17.0. The van der Waals surface area contributed by atoms with E-state index in [0.29, 0.717) is 22.9 Å². The molecule has 1 aromatic carbocycles. The molecule has 0 aliphatic heterocycles. The van der Waals surface area contributed by atoms with Crippen LogP contribution >= 0.6 is 12.4 Å². The Hall–Kier alpha value is -1.66. The van der Waals surface area contributed by atoms with Crippen LogP contribution in [0.5, 0.6) is 17.2 Å². The second-order valence-corrected chi connectivity index (χ2v) is 5.96. The van der Waals surface area contributed by atoms with Crippen LogP contribution in [0.25, 0.3) is 0 Å². The van der Waals surface area contributed by atoms with E-state index in [0.717, 1.165) is 32.1 Å². The van der Waals surface area contributed by atoms with Gasteiger partial charge in [-0.25, -0.2) is 0 Å². The first-order valence-electron chi connectivity index (χ1n) is 7.84. The number of rotatable bonds is 5. The van der Waals surface area contributed by atoms with E-state index < -0.39 is 5.54 Å². The summed E-state index contributed by atoms with van der Waals surface area (Å²) in [7, 11) is 6.38. The number of methoxy groups -OCH3 is 3. The van der Waals surface area contributed by atoms with Crippen molar-refractivity contribution in [2.75, 3.05) is 33.3 Å². The van der Waals surface area contributed by atoms with E-state index in [-0.39, 0.29) is 18.3 Å². The lowest BCUT2D eigenvalue weighted by Gasteiger charge is -2.35. The molecule has 0 heterocycles. The maximum absolute atomic E-state index is 12.9. The summed E-state index contributed by atoms with van der Waals surface area (Å²) in [5.41, 5.74) is 6.24. The molecule has 1 saturated carbocycles. The third-order valence-electron chi connectivity index (χ3n) is 4.51. The number of hydrogen-bond acceptors (Lipinski definition) is 5. The fraction of sp³-hybridized carbons (Fsp3) is 0.588. The minimum absolute atomic E-state index is 0. The molecule has 0 unspecified atom stereocenters. The van der Waals surface area contributed by atoms with Crippen molar-refractivity contribution >= 4 is 24.0 Å². The van der Waals surface area contributed by atoms with Gasteiger partial charge in [-0.15, -0.1) is 12.4 Å². The summed E-state index contributed by atoms with van der Waals surface area (Å²) in [6.45, 7) is 0. The van der Waals surface area contributed by atoms with Crippen molar-refractivity contribution in [2.45, 2.75) is 37.6 Å². The number of ether oxygens (including phenoxy) is 3. The topological polar surface area (TPSA) is 74.0 Å². The molecule has 24 heavy (non-hydrogen) atoms. The second-order valence-electron chi connectivity index (χ2n) is 5.96. The first-order valence-corrected chi connectivity index (χ1v) is 7.84. The monoisotopic (exact) mass is 358 g/mol. The minimum atomic E-state index is -0.784.